The second kappa shape index (κ2) is 4.98. The van der Waals surface area contributed by atoms with Gasteiger partial charge in [0.15, 0.2) is 0 Å². The van der Waals surface area contributed by atoms with E-state index in [0.29, 0.717) is 6.54 Å². The second-order valence-electron chi connectivity index (χ2n) is 4.19. The van der Waals surface area contributed by atoms with Crippen molar-refractivity contribution in [3.05, 3.63) is 30.1 Å². The van der Waals surface area contributed by atoms with Crippen molar-refractivity contribution in [2.45, 2.75) is 32.4 Å². The van der Waals surface area contributed by atoms with Crippen LogP contribution in [0.4, 0.5) is 0 Å². The van der Waals surface area contributed by atoms with Gasteiger partial charge in [-0.1, -0.05) is 6.92 Å². The number of aromatic nitrogens is 2. The number of hydrogen-bond acceptors (Lipinski definition) is 3. The molecule has 4 heteroatoms. The van der Waals surface area contributed by atoms with E-state index in [4.69, 9.17) is 11.0 Å². The van der Waals surface area contributed by atoms with Gasteiger partial charge in [0.05, 0.1) is 6.07 Å². The number of nitrogens with two attached hydrogens (primary N) is 1. The van der Waals surface area contributed by atoms with Crippen LogP contribution in [-0.2, 0) is 13.0 Å². The lowest BCUT2D eigenvalue weighted by Gasteiger charge is -2.06. The molecule has 2 aromatic rings. The summed E-state index contributed by atoms with van der Waals surface area (Å²) in [7, 11) is 0. The molecule has 1 unspecified atom stereocenters. The van der Waals surface area contributed by atoms with Crippen molar-refractivity contribution in [1.82, 2.24) is 9.55 Å². The highest BCUT2D eigenvalue weighted by molar-refractivity contribution is 5.80. The second-order valence-corrected chi connectivity index (χ2v) is 4.19. The molecule has 0 aliphatic carbocycles. The zero-order valence-electron chi connectivity index (χ0n) is 9.93. The van der Waals surface area contributed by atoms with Crippen LogP contribution in [0, 0.1) is 11.3 Å². The SMILES string of the molecule is CCC(N)Cc1cn(CC#N)c2ncccc12. The van der Waals surface area contributed by atoms with Gasteiger partial charge in [0.1, 0.15) is 12.2 Å². The fraction of sp³-hybridized carbons (Fsp3) is 0.385. The smallest absolute Gasteiger partial charge is 0.141 e. The summed E-state index contributed by atoms with van der Waals surface area (Å²) in [4.78, 5) is 4.32. The van der Waals surface area contributed by atoms with Crippen molar-refractivity contribution in [3.8, 4) is 6.07 Å². The number of fused-ring (bicyclic) bond motifs is 1. The van der Waals surface area contributed by atoms with Crippen molar-refractivity contribution < 1.29 is 0 Å². The molecular weight excluding hydrogens is 212 g/mol. The summed E-state index contributed by atoms with van der Waals surface area (Å²) in [5, 5.41) is 9.90. The van der Waals surface area contributed by atoms with Crippen molar-refractivity contribution in [2.75, 3.05) is 0 Å². The highest BCUT2D eigenvalue weighted by Crippen LogP contribution is 2.20. The predicted octanol–water partition coefficient (Wildman–Crippen LogP) is 1.84. The van der Waals surface area contributed by atoms with Crippen LogP contribution in [0.25, 0.3) is 11.0 Å². The molecule has 0 aliphatic heterocycles. The first kappa shape index (κ1) is 11.6. The van der Waals surface area contributed by atoms with Gasteiger partial charge in [0, 0.05) is 23.8 Å². The van der Waals surface area contributed by atoms with Gasteiger partial charge in [0.25, 0.3) is 0 Å². The summed E-state index contributed by atoms with van der Waals surface area (Å²) in [5.74, 6) is 0. The molecular formula is C13H16N4. The molecule has 0 amide bonds. The van der Waals surface area contributed by atoms with Gasteiger partial charge in [-0.15, -0.1) is 0 Å². The van der Waals surface area contributed by atoms with Gasteiger partial charge >= 0.3 is 0 Å². The number of nitriles is 1. The van der Waals surface area contributed by atoms with Gasteiger partial charge in [-0.3, -0.25) is 0 Å². The van der Waals surface area contributed by atoms with Crippen LogP contribution in [0.2, 0.25) is 0 Å². The highest BCUT2D eigenvalue weighted by Gasteiger charge is 2.11. The number of pyridine rings is 1. The lowest BCUT2D eigenvalue weighted by Crippen LogP contribution is -2.21. The van der Waals surface area contributed by atoms with E-state index in [9.17, 15) is 0 Å². The minimum absolute atomic E-state index is 0.163. The van der Waals surface area contributed by atoms with E-state index in [0.717, 1.165) is 23.9 Å². The van der Waals surface area contributed by atoms with Crippen LogP contribution in [0.3, 0.4) is 0 Å². The third-order valence-corrected chi connectivity index (χ3v) is 2.96. The average Bonchev–Trinajstić information content (AvgIpc) is 2.69. The summed E-state index contributed by atoms with van der Waals surface area (Å²) in [6, 6.07) is 6.26. The number of nitrogens with zero attached hydrogens (tertiary/aromatic N) is 3. The fourth-order valence-electron chi connectivity index (χ4n) is 1.98. The maximum atomic E-state index is 8.79. The van der Waals surface area contributed by atoms with Crippen LogP contribution in [0.15, 0.2) is 24.5 Å². The molecule has 0 saturated heterocycles. The van der Waals surface area contributed by atoms with Gasteiger partial charge in [0.2, 0.25) is 0 Å². The standard InChI is InChI=1S/C13H16N4/c1-2-11(15)8-10-9-17(7-5-14)13-12(10)4-3-6-16-13/h3-4,6,9,11H,2,7-8,15H2,1H3. The Bertz CT molecular complexity index is 550. The summed E-state index contributed by atoms with van der Waals surface area (Å²) in [6.45, 7) is 2.41. The minimum atomic E-state index is 0.163. The lowest BCUT2D eigenvalue weighted by atomic mass is 10.1. The molecule has 0 bridgehead atoms. The van der Waals surface area contributed by atoms with E-state index in [2.05, 4.69) is 18.0 Å². The van der Waals surface area contributed by atoms with Crippen LogP contribution in [-0.4, -0.2) is 15.6 Å². The normalized spacial score (nSPS) is 12.5. The third-order valence-electron chi connectivity index (χ3n) is 2.96. The average molecular weight is 228 g/mol. The Morgan fingerprint density at radius 3 is 3.12 bits per heavy atom. The molecule has 4 nitrogen and oxygen atoms in total. The Kier molecular flexibility index (Phi) is 3.40. The topological polar surface area (TPSA) is 67.6 Å². The quantitative estimate of drug-likeness (QED) is 0.868. The molecule has 0 aliphatic rings. The maximum absolute atomic E-state index is 8.79. The first-order valence-corrected chi connectivity index (χ1v) is 5.81. The van der Waals surface area contributed by atoms with E-state index < -0.39 is 0 Å². The van der Waals surface area contributed by atoms with Gasteiger partial charge in [-0.2, -0.15) is 5.26 Å². The summed E-state index contributed by atoms with van der Waals surface area (Å²) < 4.78 is 1.88. The summed E-state index contributed by atoms with van der Waals surface area (Å²) in [6.07, 6.45) is 5.53. The molecule has 1 atom stereocenters. The van der Waals surface area contributed by atoms with Crippen molar-refractivity contribution in [2.24, 2.45) is 5.73 Å². The Labute approximate surface area is 101 Å². The van der Waals surface area contributed by atoms with Crippen molar-refractivity contribution in [1.29, 1.82) is 5.26 Å². The number of rotatable bonds is 4. The molecule has 0 aromatic carbocycles. The Morgan fingerprint density at radius 1 is 1.59 bits per heavy atom. The zero-order valence-corrected chi connectivity index (χ0v) is 9.93. The molecule has 0 spiro atoms. The molecule has 2 aromatic heterocycles. The molecule has 17 heavy (non-hydrogen) atoms. The van der Waals surface area contributed by atoms with E-state index in [-0.39, 0.29) is 6.04 Å². The number of hydrogen-bond donors (Lipinski definition) is 1. The van der Waals surface area contributed by atoms with Gasteiger partial charge in [-0.05, 0) is 30.5 Å². The van der Waals surface area contributed by atoms with Gasteiger partial charge in [-0.25, -0.2) is 4.98 Å². The van der Waals surface area contributed by atoms with Crippen LogP contribution in [0.1, 0.15) is 18.9 Å². The van der Waals surface area contributed by atoms with E-state index in [1.54, 1.807) is 6.20 Å². The monoisotopic (exact) mass is 228 g/mol. The molecule has 0 saturated carbocycles. The highest BCUT2D eigenvalue weighted by atomic mass is 15.0. The van der Waals surface area contributed by atoms with Crippen LogP contribution >= 0.6 is 0 Å². The van der Waals surface area contributed by atoms with E-state index >= 15 is 0 Å². The molecule has 0 fully saturated rings. The Morgan fingerprint density at radius 2 is 2.41 bits per heavy atom. The first-order valence-electron chi connectivity index (χ1n) is 5.81. The predicted molar refractivity (Wildman–Crippen MR) is 67.3 cm³/mol. The van der Waals surface area contributed by atoms with E-state index in [1.165, 1.54) is 5.56 Å². The molecule has 2 heterocycles. The van der Waals surface area contributed by atoms with Crippen LogP contribution in [0.5, 0.6) is 0 Å². The fourth-order valence-corrected chi connectivity index (χ4v) is 1.98. The molecule has 88 valence electrons. The maximum Gasteiger partial charge on any atom is 0.141 e. The molecule has 2 N–H and O–H groups in total. The molecule has 2 rings (SSSR count). The lowest BCUT2D eigenvalue weighted by molar-refractivity contribution is 0.647. The third kappa shape index (κ3) is 2.29. The van der Waals surface area contributed by atoms with E-state index in [1.807, 2.05) is 22.9 Å². The Hall–Kier alpha value is -1.86. The van der Waals surface area contributed by atoms with Crippen LogP contribution < -0.4 is 5.73 Å². The summed E-state index contributed by atoms with van der Waals surface area (Å²) >= 11 is 0. The largest absolute Gasteiger partial charge is 0.327 e. The van der Waals surface area contributed by atoms with Crippen molar-refractivity contribution >= 4 is 11.0 Å². The van der Waals surface area contributed by atoms with Crippen molar-refractivity contribution in [3.63, 3.8) is 0 Å². The van der Waals surface area contributed by atoms with Gasteiger partial charge < -0.3 is 10.3 Å². The minimum Gasteiger partial charge on any atom is -0.327 e. The first-order chi connectivity index (χ1) is 8.26. The summed E-state index contributed by atoms with van der Waals surface area (Å²) in [5.41, 5.74) is 8.03. The molecule has 0 radical (unpaired) electrons. The zero-order chi connectivity index (χ0) is 12.3. The Balaban J connectivity index is 2.45.